The summed E-state index contributed by atoms with van der Waals surface area (Å²) in [5, 5.41) is 0.766. The first-order valence-corrected chi connectivity index (χ1v) is 6.84. The zero-order valence-corrected chi connectivity index (χ0v) is 12.1. The fraction of sp³-hybridized carbons (Fsp3) is 0.429. The van der Waals surface area contributed by atoms with Gasteiger partial charge in [-0.3, -0.25) is 9.59 Å². The number of carbonyl (C=O) groups excluding carboxylic acids is 2. The molecule has 102 valence electrons. The lowest BCUT2D eigenvalue weighted by molar-refractivity contribution is -0.149. The van der Waals surface area contributed by atoms with Crippen LogP contribution in [0.25, 0.3) is 0 Å². The van der Waals surface area contributed by atoms with E-state index in [9.17, 15) is 9.59 Å². The van der Waals surface area contributed by atoms with Crippen molar-refractivity contribution >= 4 is 35.0 Å². The third-order valence-corrected chi connectivity index (χ3v) is 4.03. The monoisotopic (exact) mass is 300 g/mol. The average Bonchev–Trinajstić information content (AvgIpc) is 2.86. The second-order valence-corrected chi connectivity index (χ2v) is 5.64. The predicted octanol–water partition coefficient (Wildman–Crippen LogP) is 3.91. The van der Waals surface area contributed by atoms with Crippen molar-refractivity contribution in [3.05, 3.63) is 33.8 Å². The van der Waals surface area contributed by atoms with Crippen molar-refractivity contribution in [1.82, 2.24) is 0 Å². The van der Waals surface area contributed by atoms with Crippen LogP contribution in [0, 0.1) is 5.41 Å². The summed E-state index contributed by atoms with van der Waals surface area (Å²) in [4.78, 5) is 24.7. The SMILES string of the molecule is COC(=O)C1(C(=O)c2cc(Cl)cc(Cl)c2)CCCC1. The van der Waals surface area contributed by atoms with E-state index in [-0.39, 0.29) is 5.78 Å². The number of ether oxygens (including phenoxy) is 1. The minimum absolute atomic E-state index is 0.249. The number of ketones is 1. The van der Waals surface area contributed by atoms with E-state index in [2.05, 4.69) is 0 Å². The van der Waals surface area contributed by atoms with Crippen LogP contribution in [0.2, 0.25) is 10.0 Å². The van der Waals surface area contributed by atoms with Crippen LogP contribution in [0.3, 0.4) is 0 Å². The molecule has 19 heavy (non-hydrogen) atoms. The fourth-order valence-corrected chi connectivity index (χ4v) is 3.19. The van der Waals surface area contributed by atoms with Gasteiger partial charge in [0.25, 0.3) is 0 Å². The molecule has 0 spiro atoms. The number of halogens is 2. The Kier molecular flexibility index (Phi) is 4.16. The van der Waals surface area contributed by atoms with Crippen LogP contribution in [0.4, 0.5) is 0 Å². The van der Waals surface area contributed by atoms with Gasteiger partial charge in [-0.1, -0.05) is 36.0 Å². The minimum Gasteiger partial charge on any atom is -0.468 e. The standard InChI is InChI=1S/C14H14Cl2O3/c1-19-13(18)14(4-2-3-5-14)12(17)9-6-10(15)8-11(16)7-9/h6-8H,2-5H2,1H3. The van der Waals surface area contributed by atoms with Gasteiger partial charge in [-0.2, -0.15) is 0 Å². The molecule has 0 N–H and O–H groups in total. The maximum Gasteiger partial charge on any atom is 0.319 e. The molecule has 1 fully saturated rings. The Labute approximate surface area is 121 Å². The molecular weight excluding hydrogens is 287 g/mol. The fourth-order valence-electron chi connectivity index (χ4n) is 2.66. The van der Waals surface area contributed by atoms with Gasteiger partial charge in [0.05, 0.1) is 7.11 Å². The lowest BCUT2D eigenvalue weighted by atomic mass is 9.79. The minimum atomic E-state index is -1.07. The molecule has 1 aliphatic rings. The van der Waals surface area contributed by atoms with Gasteiger partial charge >= 0.3 is 5.97 Å². The first kappa shape index (κ1) is 14.4. The second kappa shape index (κ2) is 5.51. The van der Waals surface area contributed by atoms with Crippen molar-refractivity contribution in [3.63, 3.8) is 0 Å². The van der Waals surface area contributed by atoms with Crippen LogP contribution in [0.5, 0.6) is 0 Å². The molecule has 0 amide bonds. The van der Waals surface area contributed by atoms with Crippen molar-refractivity contribution in [2.24, 2.45) is 5.41 Å². The molecule has 1 aromatic rings. The third-order valence-electron chi connectivity index (χ3n) is 3.59. The highest BCUT2D eigenvalue weighted by atomic mass is 35.5. The van der Waals surface area contributed by atoms with Crippen LogP contribution in [0.1, 0.15) is 36.0 Å². The number of Topliss-reactive ketones (excluding diaryl/α,β-unsaturated/α-hetero) is 1. The number of benzene rings is 1. The molecule has 1 aromatic carbocycles. The maximum absolute atomic E-state index is 12.7. The molecule has 0 atom stereocenters. The molecule has 0 unspecified atom stereocenters. The molecule has 0 saturated heterocycles. The Morgan fingerprint density at radius 1 is 1.11 bits per heavy atom. The summed E-state index contributed by atoms with van der Waals surface area (Å²) >= 11 is 11.8. The molecule has 1 saturated carbocycles. The molecule has 0 radical (unpaired) electrons. The van der Waals surface area contributed by atoms with Gasteiger partial charge in [0.1, 0.15) is 5.41 Å². The summed E-state index contributed by atoms with van der Waals surface area (Å²) in [5.41, 5.74) is -0.701. The summed E-state index contributed by atoms with van der Waals surface area (Å²) in [7, 11) is 1.31. The van der Waals surface area contributed by atoms with Crippen LogP contribution in [-0.2, 0) is 9.53 Å². The quantitative estimate of drug-likeness (QED) is 0.483. The zero-order valence-electron chi connectivity index (χ0n) is 10.5. The van der Waals surface area contributed by atoms with Crippen molar-refractivity contribution < 1.29 is 14.3 Å². The first-order chi connectivity index (χ1) is 8.99. The molecule has 5 heteroatoms. The van der Waals surface area contributed by atoms with Crippen LogP contribution in [0.15, 0.2) is 18.2 Å². The van der Waals surface area contributed by atoms with E-state index in [1.54, 1.807) is 18.2 Å². The van der Waals surface area contributed by atoms with Gasteiger partial charge in [0.2, 0.25) is 0 Å². The Morgan fingerprint density at radius 3 is 2.11 bits per heavy atom. The Hall–Kier alpha value is -1.06. The lowest BCUT2D eigenvalue weighted by Gasteiger charge is -2.24. The van der Waals surface area contributed by atoms with Crippen molar-refractivity contribution in [3.8, 4) is 0 Å². The maximum atomic E-state index is 12.7. The highest BCUT2D eigenvalue weighted by molar-refractivity contribution is 6.35. The molecule has 3 nitrogen and oxygen atoms in total. The summed E-state index contributed by atoms with van der Waals surface area (Å²) in [6.07, 6.45) is 2.72. The van der Waals surface area contributed by atoms with E-state index < -0.39 is 11.4 Å². The Morgan fingerprint density at radius 2 is 1.63 bits per heavy atom. The normalized spacial score (nSPS) is 17.2. The number of esters is 1. The molecule has 0 aromatic heterocycles. The molecule has 1 aliphatic carbocycles. The number of hydrogen-bond acceptors (Lipinski definition) is 3. The van der Waals surface area contributed by atoms with E-state index in [1.165, 1.54) is 7.11 Å². The van der Waals surface area contributed by atoms with E-state index in [4.69, 9.17) is 27.9 Å². The summed E-state index contributed by atoms with van der Waals surface area (Å²) < 4.78 is 4.81. The third kappa shape index (κ3) is 2.63. The Balaban J connectivity index is 2.42. The number of hydrogen-bond donors (Lipinski definition) is 0. The van der Waals surface area contributed by atoms with Crippen LogP contribution >= 0.6 is 23.2 Å². The van der Waals surface area contributed by atoms with Crippen molar-refractivity contribution in [2.45, 2.75) is 25.7 Å². The van der Waals surface area contributed by atoms with Gasteiger partial charge in [0.15, 0.2) is 5.78 Å². The van der Waals surface area contributed by atoms with E-state index in [0.717, 1.165) is 12.8 Å². The zero-order chi connectivity index (χ0) is 14.0. The van der Waals surface area contributed by atoms with Crippen molar-refractivity contribution in [1.29, 1.82) is 0 Å². The van der Waals surface area contributed by atoms with E-state index >= 15 is 0 Å². The van der Waals surface area contributed by atoms with E-state index in [1.807, 2.05) is 0 Å². The van der Waals surface area contributed by atoms with Gasteiger partial charge in [0, 0.05) is 15.6 Å². The van der Waals surface area contributed by atoms with Crippen LogP contribution in [-0.4, -0.2) is 18.9 Å². The molecule has 0 bridgehead atoms. The summed E-state index contributed by atoms with van der Waals surface area (Å²) in [6.45, 7) is 0. The number of methoxy groups -OCH3 is 1. The predicted molar refractivity (Wildman–Crippen MR) is 73.7 cm³/mol. The highest BCUT2D eigenvalue weighted by Gasteiger charge is 2.49. The molecule has 0 heterocycles. The van der Waals surface area contributed by atoms with Crippen LogP contribution < -0.4 is 0 Å². The first-order valence-electron chi connectivity index (χ1n) is 6.09. The van der Waals surface area contributed by atoms with E-state index in [0.29, 0.717) is 28.5 Å². The van der Waals surface area contributed by atoms with Gasteiger partial charge in [-0.15, -0.1) is 0 Å². The van der Waals surface area contributed by atoms with Gasteiger partial charge < -0.3 is 4.74 Å². The van der Waals surface area contributed by atoms with Gasteiger partial charge in [-0.25, -0.2) is 0 Å². The van der Waals surface area contributed by atoms with Gasteiger partial charge in [-0.05, 0) is 31.0 Å². The van der Waals surface area contributed by atoms with Crippen molar-refractivity contribution in [2.75, 3.05) is 7.11 Å². The summed E-state index contributed by atoms with van der Waals surface area (Å²) in [6, 6.07) is 4.64. The number of carbonyl (C=O) groups is 2. The number of rotatable bonds is 3. The molecular formula is C14H14Cl2O3. The molecule has 2 rings (SSSR count). The summed E-state index contributed by atoms with van der Waals surface area (Å²) in [5.74, 6) is -0.715. The lowest BCUT2D eigenvalue weighted by Crippen LogP contribution is -2.37. The second-order valence-electron chi connectivity index (χ2n) is 4.77. The largest absolute Gasteiger partial charge is 0.468 e. The smallest absolute Gasteiger partial charge is 0.319 e. The topological polar surface area (TPSA) is 43.4 Å². The molecule has 0 aliphatic heterocycles. The Bertz CT molecular complexity index is 499. The average molecular weight is 301 g/mol. The highest BCUT2D eigenvalue weighted by Crippen LogP contribution is 2.42.